The Bertz CT molecular complexity index is 1490. The lowest BCUT2D eigenvalue weighted by Gasteiger charge is -2.17. The average molecular weight is 542 g/mol. The molecule has 1 atom stereocenters. The molecule has 0 aliphatic rings. The first-order valence-corrected chi connectivity index (χ1v) is 11.8. The van der Waals surface area contributed by atoms with Gasteiger partial charge in [-0.15, -0.1) is 0 Å². The molecule has 0 aliphatic heterocycles. The van der Waals surface area contributed by atoms with E-state index in [4.69, 9.17) is 0 Å². The highest BCUT2D eigenvalue weighted by Gasteiger charge is 2.22. The van der Waals surface area contributed by atoms with E-state index in [0.717, 1.165) is 17.7 Å². The molecule has 1 aromatic carbocycles. The molecule has 0 saturated carbocycles. The van der Waals surface area contributed by atoms with Crippen LogP contribution in [0.3, 0.4) is 0 Å². The van der Waals surface area contributed by atoms with Crippen LogP contribution in [0.1, 0.15) is 18.5 Å². The summed E-state index contributed by atoms with van der Waals surface area (Å²) in [4.78, 5) is 62.8. The quantitative estimate of drug-likeness (QED) is 0.352. The fourth-order valence-corrected chi connectivity index (χ4v) is 3.80. The van der Waals surface area contributed by atoms with E-state index in [0.29, 0.717) is 5.39 Å². The Morgan fingerprint density at radius 1 is 1.18 bits per heavy atom. The van der Waals surface area contributed by atoms with Crippen molar-refractivity contribution in [3.05, 3.63) is 76.6 Å². The number of hydrogen-bond donors (Lipinski definition) is 3. The van der Waals surface area contributed by atoms with Crippen molar-refractivity contribution < 1.29 is 33.4 Å². The van der Waals surface area contributed by atoms with Crippen molar-refractivity contribution in [3.8, 4) is 0 Å². The number of hydrogen-bond acceptors (Lipinski definition) is 6. The molecule has 0 spiro atoms. The van der Waals surface area contributed by atoms with Crippen LogP contribution >= 0.6 is 0 Å². The second kappa shape index (κ2) is 12.5. The lowest BCUT2D eigenvalue weighted by Crippen LogP contribution is -2.44. The third kappa shape index (κ3) is 7.09. The summed E-state index contributed by atoms with van der Waals surface area (Å²) in [6.45, 7) is -0.181. The number of alkyl carbamates (subject to hydrolysis) is 1. The summed E-state index contributed by atoms with van der Waals surface area (Å²) in [5.74, 6) is -1.47. The molecule has 0 fully saturated rings. The zero-order chi connectivity index (χ0) is 28.7. The van der Waals surface area contributed by atoms with Gasteiger partial charge in [-0.25, -0.2) is 18.5 Å². The summed E-state index contributed by atoms with van der Waals surface area (Å²) in [6, 6.07) is 6.90. The minimum Gasteiger partial charge on any atom is -0.464 e. The lowest BCUT2D eigenvalue weighted by atomic mass is 10.1. The largest absolute Gasteiger partial charge is 0.464 e. The van der Waals surface area contributed by atoms with Crippen LogP contribution < -0.4 is 16.2 Å². The third-order valence-electron chi connectivity index (χ3n) is 5.76. The first kappa shape index (κ1) is 28.6. The number of rotatable bonds is 9. The third-order valence-corrected chi connectivity index (χ3v) is 5.76. The number of allylic oxidation sites excluding steroid dienone is 1. The topological polar surface area (TPSA) is 152 Å². The highest BCUT2D eigenvalue weighted by molar-refractivity contribution is 5.96. The molecular weight excluding hydrogens is 513 g/mol. The van der Waals surface area contributed by atoms with Crippen LogP contribution in [0.2, 0.25) is 0 Å². The van der Waals surface area contributed by atoms with Crippen molar-refractivity contribution in [2.45, 2.75) is 25.4 Å². The van der Waals surface area contributed by atoms with E-state index in [1.807, 2.05) is 0 Å². The second-order valence-electron chi connectivity index (χ2n) is 8.70. The van der Waals surface area contributed by atoms with Crippen LogP contribution in [0, 0.1) is 5.82 Å². The molecule has 0 bridgehead atoms. The van der Waals surface area contributed by atoms with Gasteiger partial charge in [-0.1, -0.05) is 6.08 Å². The molecule has 13 heteroatoms. The fraction of sp³-hybridized carbons (Fsp3) is 0.269. The molecule has 12 nitrogen and oxygen atoms in total. The predicted octanol–water partition coefficient (Wildman–Crippen LogP) is 2.60. The van der Waals surface area contributed by atoms with Crippen LogP contribution in [0.4, 0.5) is 19.7 Å². The molecule has 2 aromatic heterocycles. The van der Waals surface area contributed by atoms with Gasteiger partial charge in [0.2, 0.25) is 11.8 Å². The number of nitrogens with one attached hydrogen (secondary N) is 2. The van der Waals surface area contributed by atoms with Crippen molar-refractivity contribution >= 4 is 40.6 Å². The number of carbonyl (C=O) groups is 4. The van der Waals surface area contributed by atoms with Crippen LogP contribution in [0.25, 0.3) is 10.9 Å². The van der Waals surface area contributed by atoms with Crippen molar-refractivity contribution in [1.82, 2.24) is 19.4 Å². The van der Waals surface area contributed by atoms with E-state index >= 15 is 0 Å². The fourth-order valence-electron chi connectivity index (χ4n) is 3.80. The van der Waals surface area contributed by atoms with Crippen molar-refractivity contribution in [2.24, 2.45) is 0 Å². The van der Waals surface area contributed by atoms with E-state index in [2.05, 4.69) is 15.4 Å². The van der Waals surface area contributed by atoms with Gasteiger partial charge in [0.1, 0.15) is 17.5 Å². The second-order valence-corrected chi connectivity index (χ2v) is 8.70. The molecule has 206 valence electrons. The summed E-state index contributed by atoms with van der Waals surface area (Å²) >= 11 is 0. The van der Waals surface area contributed by atoms with Crippen molar-refractivity contribution in [3.63, 3.8) is 0 Å². The van der Waals surface area contributed by atoms with Gasteiger partial charge in [0.15, 0.2) is 0 Å². The van der Waals surface area contributed by atoms with Gasteiger partial charge in [0.25, 0.3) is 5.56 Å². The number of methoxy groups -OCH3 is 1. The Morgan fingerprint density at radius 2 is 1.92 bits per heavy atom. The van der Waals surface area contributed by atoms with Crippen LogP contribution in [-0.2, 0) is 20.9 Å². The average Bonchev–Trinajstić information content (AvgIpc) is 3.24. The molecule has 3 rings (SSSR count). The number of ether oxygens (including phenoxy) is 1. The van der Waals surface area contributed by atoms with Crippen LogP contribution in [0.15, 0.2) is 59.5 Å². The number of carboxylic acid groups (broad SMARTS) is 1. The number of carbonyl (C=O) groups excluding carboxylic acids is 3. The van der Waals surface area contributed by atoms with Gasteiger partial charge in [0.05, 0.1) is 19.2 Å². The zero-order valence-electron chi connectivity index (χ0n) is 21.5. The summed E-state index contributed by atoms with van der Waals surface area (Å²) in [5, 5.41) is 14.9. The lowest BCUT2D eigenvalue weighted by molar-refractivity contribution is -0.123. The molecule has 3 amide bonds. The minimum absolute atomic E-state index is 0.106. The normalized spacial score (nSPS) is 11.8. The molecule has 0 aliphatic carbocycles. The van der Waals surface area contributed by atoms with Crippen molar-refractivity contribution in [2.75, 3.05) is 26.5 Å². The summed E-state index contributed by atoms with van der Waals surface area (Å²) < 4.78 is 20.4. The van der Waals surface area contributed by atoms with E-state index in [1.54, 1.807) is 20.2 Å². The smallest absolute Gasteiger partial charge is 0.416 e. The van der Waals surface area contributed by atoms with Gasteiger partial charge in [0, 0.05) is 31.4 Å². The Hall–Kier alpha value is -4.94. The number of likely N-dealkylation sites (N-methyl/N-ethyl adjacent to an activating group) is 1. The standard InChI is InChI=1S/C26H28FN5O7/c1-30(2)22(33)9-5-4-7-19(29-25(36)39-3)23(34)28-20-8-6-12-31(24(20)35)15-18-14-16-13-17(27)10-11-21(16)32(18)26(37)38/h5-6,8-14,19H,4,7,15H2,1-3H3,(H,28,34)(H,29,36)(H,37,38). The molecule has 39 heavy (non-hydrogen) atoms. The maximum atomic E-state index is 13.7. The number of amides is 3. The first-order valence-electron chi connectivity index (χ1n) is 11.8. The molecule has 1 unspecified atom stereocenters. The SMILES string of the molecule is COC(=O)NC(CCC=CC(=O)N(C)C)C(=O)Nc1cccn(Cc2cc3cc(F)ccc3n2C(=O)O)c1=O. The van der Waals surface area contributed by atoms with Gasteiger partial charge in [-0.2, -0.15) is 0 Å². The maximum absolute atomic E-state index is 13.7. The highest BCUT2D eigenvalue weighted by atomic mass is 19.1. The minimum atomic E-state index is -1.30. The van der Waals surface area contributed by atoms with Gasteiger partial charge in [-0.3, -0.25) is 14.4 Å². The number of anilines is 1. The van der Waals surface area contributed by atoms with Crippen LogP contribution in [-0.4, -0.2) is 70.4 Å². The maximum Gasteiger partial charge on any atom is 0.416 e. The van der Waals surface area contributed by atoms with E-state index < -0.39 is 35.5 Å². The molecule has 3 aromatic rings. The predicted molar refractivity (Wildman–Crippen MR) is 140 cm³/mol. The highest BCUT2D eigenvalue weighted by Crippen LogP contribution is 2.22. The monoisotopic (exact) mass is 541 g/mol. The number of fused-ring (bicyclic) bond motifs is 1. The van der Waals surface area contributed by atoms with Crippen LogP contribution in [0.5, 0.6) is 0 Å². The Labute approximate surface area is 222 Å². The van der Waals surface area contributed by atoms with Gasteiger partial charge in [-0.05, 0) is 55.3 Å². The molecule has 3 N–H and O–H groups in total. The van der Waals surface area contributed by atoms with E-state index in [1.165, 1.54) is 52.1 Å². The Balaban J connectivity index is 1.82. The number of halogens is 1. The van der Waals surface area contributed by atoms with Crippen molar-refractivity contribution in [1.29, 1.82) is 0 Å². The van der Waals surface area contributed by atoms with E-state index in [9.17, 15) is 33.5 Å². The van der Waals surface area contributed by atoms with Gasteiger partial charge >= 0.3 is 12.2 Å². The number of aromatic nitrogens is 2. The molecular formula is C26H28FN5O7. The molecule has 0 radical (unpaired) electrons. The van der Waals surface area contributed by atoms with E-state index in [-0.39, 0.29) is 42.2 Å². The summed E-state index contributed by atoms with van der Waals surface area (Å²) in [7, 11) is 4.32. The van der Waals surface area contributed by atoms with Gasteiger partial charge < -0.3 is 29.9 Å². The summed E-state index contributed by atoms with van der Waals surface area (Å²) in [6.07, 6.45) is 2.53. The first-order chi connectivity index (χ1) is 18.5. The zero-order valence-corrected chi connectivity index (χ0v) is 21.5. The number of nitrogens with zero attached hydrogens (tertiary/aromatic N) is 3. The molecule has 2 heterocycles. The Morgan fingerprint density at radius 3 is 2.59 bits per heavy atom. The molecule has 0 saturated heterocycles. The summed E-state index contributed by atoms with van der Waals surface area (Å²) in [5.41, 5.74) is -0.276. The number of pyridine rings is 1. The number of benzene rings is 1. The Kier molecular flexibility index (Phi) is 9.20.